The quantitative estimate of drug-likeness (QED) is 0.850. The van der Waals surface area contributed by atoms with Gasteiger partial charge in [-0.2, -0.15) is 5.10 Å². The zero-order valence-corrected chi connectivity index (χ0v) is 9.72. The number of aryl methyl sites for hydroxylation is 1. The maximum absolute atomic E-state index is 5.80. The lowest BCUT2D eigenvalue weighted by Gasteiger charge is -2.03. The molecule has 0 aliphatic rings. The van der Waals surface area contributed by atoms with Crippen LogP contribution in [0.3, 0.4) is 0 Å². The Bertz CT molecular complexity index is 457. The molecule has 0 aliphatic carbocycles. The molecule has 0 radical (unpaired) electrons. The summed E-state index contributed by atoms with van der Waals surface area (Å²) < 4.78 is 1.91. The van der Waals surface area contributed by atoms with Gasteiger partial charge in [0.1, 0.15) is 0 Å². The number of hydrogen-bond acceptors (Lipinski definition) is 2. The Morgan fingerprint density at radius 2 is 2.00 bits per heavy atom. The van der Waals surface area contributed by atoms with Crippen LogP contribution in [0.1, 0.15) is 12.6 Å². The van der Waals surface area contributed by atoms with Gasteiger partial charge in [-0.15, -0.1) is 0 Å². The fourth-order valence-corrected chi connectivity index (χ4v) is 1.78. The molecule has 1 atom stereocenters. The Hall–Kier alpha value is -1.61. The second-order valence-corrected chi connectivity index (χ2v) is 4.19. The van der Waals surface area contributed by atoms with Crippen molar-refractivity contribution in [1.82, 2.24) is 9.78 Å². The zero-order chi connectivity index (χ0) is 11.5. The van der Waals surface area contributed by atoms with E-state index in [-0.39, 0.29) is 6.04 Å². The number of nitrogens with zero attached hydrogens (tertiary/aromatic N) is 2. The summed E-state index contributed by atoms with van der Waals surface area (Å²) in [5, 5.41) is 4.50. The lowest BCUT2D eigenvalue weighted by Crippen LogP contribution is -2.19. The number of nitrogens with two attached hydrogens (primary N) is 1. The molecule has 0 saturated carbocycles. The average molecular weight is 215 g/mol. The maximum Gasteiger partial charge on any atom is 0.0925 e. The highest BCUT2D eigenvalue weighted by Gasteiger charge is 2.08. The summed E-state index contributed by atoms with van der Waals surface area (Å²) in [6, 6.07) is 12.5. The fraction of sp³-hybridized carbons (Fsp3) is 0.308. The van der Waals surface area contributed by atoms with Gasteiger partial charge in [-0.3, -0.25) is 4.68 Å². The van der Waals surface area contributed by atoms with Crippen LogP contribution in [0.15, 0.2) is 36.4 Å². The number of hydrogen-bond donors (Lipinski definition) is 1. The Morgan fingerprint density at radius 1 is 1.31 bits per heavy atom. The second-order valence-electron chi connectivity index (χ2n) is 4.19. The summed E-state index contributed by atoms with van der Waals surface area (Å²) >= 11 is 0. The molecule has 3 heteroatoms. The number of rotatable bonds is 3. The van der Waals surface area contributed by atoms with E-state index in [9.17, 15) is 0 Å². The second kappa shape index (κ2) is 4.49. The van der Waals surface area contributed by atoms with Crippen LogP contribution in [-0.4, -0.2) is 15.8 Å². The van der Waals surface area contributed by atoms with E-state index in [0.717, 1.165) is 17.7 Å². The van der Waals surface area contributed by atoms with Crippen LogP contribution in [0, 0.1) is 0 Å². The minimum Gasteiger partial charge on any atom is -0.328 e. The van der Waals surface area contributed by atoms with Crippen molar-refractivity contribution in [3.63, 3.8) is 0 Å². The first kappa shape index (κ1) is 10.9. The molecular formula is C13H17N3. The molecule has 16 heavy (non-hydrogen) atoms. The van der Waals surface area contributed by atoms with E-state index in [0.29, 0.717) is 0 Å². The van der Waals surface area contributed by atoms with E-state index in [4.69, 9.17) is 5.73 Å². The van der Waals surface area contributed by atoms with Gasteiger partial charge in [0.25, 0.3) is 0 Å². The standard InChI is InChI=1S/C13H17N3/c1-10(14)8-12-9-13(15-16(12)2)11-6-4-3-5-7-11/h3-7,9-10H,8,14H2,1-2H3/t10-/m1/s1. The lowest BCUT2D eigenvalue weighted by molar-refractivity contribution is 0.651. The minimum atomic E-state index is 0.166. The largest absolute Gasteiger partial charge is 0.328 e. The van der Waals surface area contributed by atoms with Crippen LogP contribution in [0.25, 0.3) is 11.3 Å². The van der Waals surface area contributed by atoms with Gasteiger partial charge in [-0.05, 0) is 13.0 Å². The third-order valence-electron chi connectivity index (χ3n) is 2.58. The monoisotopic (exact) mass is 215 g/mol. The summed E-state index contributed by atoms with van der Waals surface area (Å²) in [4.78, 5) is 0. The van der Waals surface area contributed by atoms with E-state index in [1.54, 1.807) is 0 Å². The molecule has 1 aromatic heterocycles. The molecule has 2 N–H and O–H groups in total. The third-order valence-corrected chi connectivity index (χ3v) is 2.58. The molecular weight excluding hydrogens is 198 g/mol. The predicted octanol–water partition coefficient (Wildman–Crippen LogP) is 1.98. The van der Waals surface area contributed by atoms with E-state index in [1.807, 2.05) is 36.9 Å². The molecule has 84 valence electrons. The van der Waals surface area contributed by atoms with Gasteiger partial charge >= 0.3 is 0 Å². The smallest absolute Gasteiger partial charge is 0.0925 e. The number of aromatic nitrogens is 2. The molecule has 1 heterocycles. The van der Waals surface area contributed by atoms with E-state index >= 15 is 0 Å². The molecule has 2 rings (SSSR count). The van der Waals surface area contributed by atoms with E-state index in [2.05, 4.69) is 23.3 Å². The molecule has 0 amide bonds. The normalized spacial score (nSPS) is 12.7. The van der Waals surface area contributed by atoms with Crippen molar-refractivity contribution in [2.45, 2.75) is 19.4 Å². The first-order chi connectivity index (χ1) is 7.66. The Balaban J connectivity index is 2.31. The van der Waals surface area contributed by atoms with Crippen molar-refractivity contribution in [1.29, 1.82) is 0 Å². The Morgan fingerprint density at radius 3 is 2.62 bits per heavy atom. The van der Waals surface area contributed by atoms with Crippen LogP contribution in [0.5, 0.6) is 0 Å². The molecule has 0 aliphatic heterocycles. The SMILES string of the molecule is C[C@@H](N)Cc1cc(-c2ccccc2)nn1C. The summed E-state index contributed by atoms with van der Waals surface area (Å²) in [5.41, 5.74) is 9.13. The Kier molecular flexibility index (Phi) is 3.06. The predicted molar refractivity (Wildman–Crippen MR) is 66.0 cm³/mol. The molecule has 0 saturated heterocycles. The Labute approximate surface area is 95.9 Å². The topological polar surface area (TPSA) is 43.8 Å². The first-order valence-corrected chi connectivity index (χ1v) is 5.50. The molecule has 0 fully saturated rings. The van der Waals surface area contributed by atoms with Crippen molar-refractivity contribution in [2.75, 3.05) is 0 Å². The van der Waals surface area contributed by atoms with Crippen molar-refractivity contribution in [2.24, 2.45) is 12.8 Å². The van der Waals surface area contributed by atoms with Gasteiger partial charge in [0, 0.05) is 30.8 Å². The van der Waals surface area contributed by atoms with Gasteiger partial charge in [0.15, 0.2) is 0 Å². The summed E-state index contributed by atoms with van der Waals surface area (Å²) in [6.45, 7) is 2.01. The van der Waals surface area contributed by atoms with Crippen molar-refractivity contribution < 1.29 is 0 Å². The molecule has 0 spiro atoms. The average Bonchev–Trinajstić information content (AvgIpc) is 2.61. The minimum absolute atomic E-state index is 0.166. The van der Waals surface area contributed by atoms with Gasteiger partial charge in [-0.25, -0.2) is 0 Å². The fourth-order valence-electron chi connectivity index (χ4n) is 1.78. The molecule has 0 unspecified atom stereocenters. The third kappa shape index (κ3) is 2.31. The lowest BCUT2D eigenvalue weighted by atomic mass is 10.1. The maximum atomic E-state index is 5.80. The van der Waals surface area contributed by atoms with Gasteiger partial charge < -0.3 is 5.73 Å². The van der Waals surface area contributed by atoms with Gasteiger partial charge in [0.05, 0.1) is 5.69 Å². The highest BCUT2D eigenvalue weighted by atomic mass is 15.3. The van der Waals surface area contributed by atoms with Crippen LogP contribution in [0.4, 0.5) is 0 Å². The highest BCUT2D eigenvalue weighted by molar-refractivity contribution is 5.59. The van der Waals surface area contributed by atoms with Crippen molar-refractivity contribution in [3.05, 3.63) is 42.1 Å². The summed E-state index contributed by atoms with van der Waals surface area (Å²) in [7, 11) is 1.96. The summed E-state index contributed by atoms with van der Waals surface area (Å²) in [5.74, 6) is 0. The highest BCUT2D eigenvalue weighted by Crippen LogP contribution is 2.18. The summed E-state index contributed by atoms with van der Waals surface area (Å²) in [6.07, 6.45) is 0.857. The molecule has 1 aromatic carbocycles. The molecule has 0 bridgehead atoms. The van der Waals surface area contributed by atoms with Crippen LogP contribution < -0.4 is 5.73 Å². The van der Waals surface area contributed by atoms with Gasteiger partial charge in [0.2, 0.25) is 0 Å². The zero-order valence-electron chi connectivity index (χ0n) is 9.72. The van der Waals surface area contributed by atoms with Crippen molar-refractivity contribution >= 4 is 0 Å². The van der Waals surface area contributed by atoms with E-state index < -0.39 is 0 Å². The molecule has 3 nitrogen and oxygen atoms in total. The van der Waals surface area contributed by atoms with Crippen LogP contribution in [0.2, 0.25) is 0 Å². The van der Waals surface area contributed by atoms with Gasteiger partial charge in [-0.1, -0.05) is 30.3 Å². The molecule has 2 aromatic rings. The number of benzene rings is 1. The van der Waals surface area contributed by atoms with E-state index in [1.165, 1.54) is 5.69 Å². The van der Waals surface area contributed by atoms with Crippen molar-refractivity contribution in [3.8, 4) is 11.3 Å². The van der Waals surface area contributed by atoms with Crippen LogP contribution in [-0.2, 0) is 13.5 Å². The van der Waals surface area contributed by atoms with Crippen LogP contribution >= 0.6 is 0 Å². The first-order valence-electron chi connectivity index (χ1n) is 5.50.